The van der Waals surface area contributed by atoms with E-state index in [0.717, 1.165) is 21.6 Å². The topological polar surface area (TPSA) is 101 Å². The van der Waals surface area contributed by atoms with Gasteiger partial charge in [0.25, 0.3) is 0 Å². The van der Waals surface area contributed by atoms with Gasteiger partial charge in [0.05, 0.1) is 17.3 Å². The summed E-state index contributed by atoms with van der Waals surface area (Å²) in [5, 5.41) is 9.86. The van der Waals surface area contributed by atoms with Gasteiger partial charge in [-0.1, -0.05) is 44.2 Å². The first-order chi connectivity index (χ1) is 17.5. The highest BCUT2D eigenvalue weighted by Gasteiger charge is 2.35. The van der Waals surface area contributed by atoms with Gasteiger partial charge in [0.1, 0.15) is 16.7 Å². The first-order valence-corrected chi connectivity index (χ1v) is 14.5. The average molecular weight is 542 g/mol. The summed E-state index contributed by atoms with van der Waals surface area (Å²) in [6.07, 6.45) is 0.354. The summed E-state index contributed by atoms with van der Waals surface area (Å²) in [5.41, 5.74) is 2.47. The van der Waals surface area contributed by atoms with E-state index in [2.05, 4.69) is 0 Å². The van der Waals surface area contributed by atoms with Crippen LogP contribution in [-0.2, 0) is 21.4 Å². The Morgan fingerprint density at radius 2 is 1.89 bits per heavy atom. The van der Waals surface area contributed by atoms with Crippen LogP contribution in [0.3, 0.4) is 0 Å². The van der Waals surface area contributed by atoms with Crippen molar-refractivity contribution in [3.8, 4) is 5.75 Å². The maximum atomic E-state index is 13.6. The lowest BCUT2D eigenvalue weighted by Gasteiger charge is -2.25. The zero-order chi connectivity index (χ0) is 26.9. The minimum absolute atomic E-state index is 0.0677. The Bertz CT molecular complexity index is 1430. The van der Waals surface area contributed by atoms with E-state index in [-0.39, 0.29) is 29.9 Å². The third-order valence-corrected chi connectivity index (χ3v) is 9.99. The Hall–Kier alpha value is -3.01. The number of aliphatic carboxylic acids is 1. The molecule has 1 aromatic heterocycles. The molecule has 9 heteroatoms. The van der Waals surface area contributed by atoms with E-state index in [9.17, 15) is 23.1 Å². The van der Waals surface area contributed by atoms with Crippen LogP contribution in [0.25, 0.3) is 0 Å². The van der Waals surface area contributed by atoms with Gasteiger partial charge in [0, 0.05) is 17.3 Å². The van der Waals surface area contributed by atoms with Crippen LogP contribution in [0.4, 0.5) is 0 Å². The standard InChI is InChI=1S/C28H31NO6S2/c1-5-22-16-29(37(33,34)26-9-7-6-8-23(26)35-22)15-21-14-20(11-10-17(21)2)27(18(3)28(31)32)25-13-12-24(36-25)19(4)30/h6-14,18,22,27H,5,15-16H2,1-4H3,(H,31,32)/t18-,22-,27+/m1/s1. The van der Waals surface area contributed by atoms with E-state index in [1.807, 2.05) is 38.1 Å². The molecule has 1 aliphatic heterocycles. The summed E-state index contributed by atoms with van der Waals surface area (Å²) >= 11 is 1.30. The SMILES string of the molecule is CC[C@@H]1CN(Cc2cc([C@@H](c3ccc(C(C)=O)s3)[C@@H](C)C(=O)O)ccc2C)S(=O)(=O)c2ccccc2O1. The van der Waals surface area contributed by atoms with Crippen LogP contribution in [0.15, 0.2) is 59.5 Å². The zero-order valence-electron chi connectivity index (χ0n) is 21.3. The van der Waals surface area contributed by atoms with Gasteiger partial charge >= 0.3 is 5.97 Å². The van der Waals surface area contributed by atoms with Gasteiger partial charge in [-0.15, -0.1) is 11.3 Å². The van der Waals surface area contributed by atoms with Crippen LogP contribution in [0, 0.1) is 12.8 Å². The highest BCUT2D eigenvalue weighted by atomic mass is 32.2. The number of carboxylic acid groups (broad SMARTS) is 1. The number of rotatable bonds is 8. The second kappa shape index (κ2) is 10.8. The third-order valence-electron chi connectivity index (χ3n) is 6.87. The van der Waals surface area contributed by atoms with Gasteiger partial charge in [0.2, 0.25) is 10.0 Å². The molecule has 2 aromatic carbocycles. The van der Waals surface area contributed by atoms with Crippen molar-refractivity contribution in [3.05, 3.63) is 81.0 Å². The Kier molecular flexibility index (Phi) is 7.87. The van der Waals surface area contributed by atoms with Crippen LogP contribution in [0.2, 0.25) is 0 Å². The Balaban J connectivity index is 1.75. The molecule has 0 radical (unpaired) electrons. The van der Waals surface area contributed by atoms with Gasteiger partial charge in [0.15, 0.2) is 5.78 Å². The van der Waals surface area contributed by atoms with Crippen LogP contribution >= 0.6 is 11.3 Å². The number of carboxylic acids is 1. The lowest BCUT2D eigenvalue weighted by Crippen LogP contribution is -2.36. The molecule has 0 aliphatic carbocycles. The largest absolute Gasteiger partial charge is 0.488 e. The van der Waals surface area contributed by atoms with E-state index in [0.29, 0.717) is 17.0 Å². The van der Waals surface area contributed by atoms with E-state index in [4.69, 9.17) is 4.74 Å². The lowest BCUT2D eigenvalue weighted by molar-refractivity contribution is -0.141. The molecule has 1 aliphatic rings. The monoisotopic (exact) mass is 541 g/mol. The highest BCUT2D eigenvalue weighted by Crippen LogP contribution is 2.38. The number of Topliss-reactive ketones (excluding diaryl/α,β-unsaturated/α-hetero) is 1. The molecule has 3 aromatic rings. The fraction of sp³-hybridized carbons (Fsp3) is 0.357. The smallest absolute Gasteiger partial charge is 0.307 e. The van der Waals surface area contributed by atoms with Gasteiger partial charge in [-0.3, -0.25) is 9.59 Å². The molecule has 0 bridgehead atoms. The number of thiophene rings is 1. The van der Waals surface area contributed by atoms with Crippen molar-refractivity contribution in [1.82, 2.24) is 4.31 Å². The first kappa shape index (κ1) is 27.0. The summed E-state index contributed by atoms with van der Waals surface area (Å²) in [7, 11) is -3.82. The third kappa shape index (κ3) is 5.49. The number of ketones is 1. The predicted octanol–water partition coefficient (Wildman–Crippen LogP) is 5.47. The van der Waals surface area contributed by atoms with Gasteiger partial charge in [-0.25, -0.2) is 8.42 Å². The Morgan fingerprint density at radius 1 is 1.16 bits per heavy atom. The Labute approximate surface area is 221 Å². The molecule has 0 saturated heterocycles. The molecule has 0 saturated carbocycles. The number of carbonyl (C=O) groups is 2. The quantitative estimate of drug-likeness (QED) is 0.379. The van der Waals surface area contributed by atoms with E-state index in [1.54, 1.807) is 37.3 Å². The number of ether oxygens (including phenoxy) is 1. The van der Waals surface area contributed by atoms with Crippen molar-refractivity contribution in [1.29, 1.82) is 0 Å². The number of hydrogen-bond acceptors (Lipinski definition) is 6. The fourth-order valence-electron chi connectivity index (χ4n) is 4.60. The number of sulfonamides is 1. The highest BCUT2D eigenvalue weighted by molar-refractivity contribution is 7.89. The fourth-order valence-corrected chi connectivity index (χ4v) is 7.31. The molecular formula is C28H31NO6S2. The maximum absolute atomic E-state index is 13.6. The first-order valence-electron chi connectivity index (χ1n) is 12.2. The molecular weight excluding hydrogens is 510 g/mol. The number of hydrogen-bond donors (Lipinski definition) is 1. The molecule has 37 heavy (non-hydrogen) atoms. The average Bonchev–Trinajstić information content (AvgIpc) is 3.31. The number of aryl methyl sites for hydroxylation is 1. The van der Waals surface area contributed by atoms with Gasteiger partial charge in [-0.2, -0.15) is 4.31 Å². The molecule has 1 N–H and O–H groups in total. The second-order valence-corrected chi connectivity index (χ2v) is 12.5. The molecule has 3 atom stereocenters. The van der Waals surface area contributed by atoms with Crippen LogP contribution < -0.4 is 4.74 Å². The minimum Gasteiger partial charge on any atom is -0.488 e. The number of fused-ring (bicyclic) bond motifs is 1. The molecule has 2 heterocycles. The predicted molar refractivity (Wildman–Crippen MR) is 143 cm³/mol. The van der Waals surface area contributed by atoms with Gasteiger partial charge in [-0.05, 0) is 61.2 Å². The number of nitrogens with zero attached hydrogens (tertiary/aromatic N) is 1. The van der Waals surface area contributed by atoms with Gasteiger partial charge < -0.3 is 9.84 Å². The van der Waals surface area contributed by atoms with Crippen molar-refractivity contribution in [2.75, 3.05) is 6.54 Å². The number of benzene rings is 2. The maximum Gasteiger partial charge on any atom is 0.307 e. The zero-order valence-corrected chi connectivity index (χ0v) is 22.9. The Morgan fingerprint density at radius 3 is 2.54 bits per heavy atom. The summed E-state index contributed by atoms with van der Waals surface area (Å²) in [6, 6.07) is 15.9. The number of carbonyl (C=O) groups excluding carboxylic acids is 1. The molecule has 0 unspecified atom stereocenters. The second-order valence-electron chi connectivity index (χ2n) is 9.44. The normalized spacial score (nSPS) is 18.8. The van der Waals surface area contributed by atoms with Crippen molar-refractivity contribution in [2.24, 2.45) is 5.92 Å². The van der Waals surface area contributed by atoms with E-state index in [1.165, 1.54) is 22.6 Å². The van der Waals surface area contributed by atoms with Crippen molar-refractivity contribution in [3.63, 3.8) is 0 Å². The minimum atomic E-state index is -3.82. The molecule has 0 fully saturated rings. The van der Waals surface area contributed by atoms with Crippen molar-refractivity contribution < 1.29 is 27.9 Å². The molecule has 196 valence electrons. The molecule has 7 nitrogen and oxygen atoms in total. The van der Waals surface area contributed by atoms with Crippen LogP contribution in [0.5, 0.6) is 5.75 Å². The van der Waals surface area contributed by atoms with Crippen molar-refractivity contribution >= 4 is 33.1 Å². The summed E-state index contributed by atoms with van der Waals surface area (Å²) in [4.78, 5) is 25.4. The molecule has 0 spiro atoms. The van der Waals surface area contributed by atoms with Crippen molar-refractivity contribution in [2.45, 2.75) is 57.6 Å². The summed E-state index contributed by atoms with van der Waals surface area (Å²) in [5.74, 6) is -1.89. The van der Waals surface area contributed by atoms with Crippen LogP contribution in [-0.4, -0.2) is 42.2 Å². The summed E-state index contributed by atoms with van der Waals surface area (Å²) < 4.78 is 34.8. The van der Waals surface area contributed by atoms with E-state index >= 15 is 0 Å². The molecule has 0 amide bonds. The molecule has 4 rings (SSSR count). The van der Waals surface area contributed by atoms with E-state index < -0.39 is 27.8 Å². The number of para-hydroxylation sites is 1. The van der Waals surface area contributed by atoms with Crippen LogP contribution in [0.1, 0.15) is 64.3 Å². The lowest BCUT2D eigenvalue weighted by atomic mass is 9.84. The summed E-state index contributed by atoms with van der Waals surface area (Å²) in [6.45, 7) is 7.36.